The van der Waals surface area contributed by atoms with Crippen molar-refractivity contribution in [2.45, 2.75) is 38.5 Å². The first kappa shape index (κ1) is 28.6. The number of benzene rings is 5. The molecule has 0 atom stereocenters. The zero-order valence-electron chi connectivity index (χ0n) is 23.8. The highest BCUT2D eigenvalue weighted by atomic mass is 31.2. The van der Waals surface area contributed by atoms with Crippen LogP contribution in [0.15, 0.2) is 127 Å². The molecule has 5 rings (SSSR count). The van der Waals surface area contributed by atoms with Gasteiger partial charge in [0.2, 0.25) is 0 Å². The lowest BCUT2D eigenvalue weighted by Gasteiger charge is -2.38. The average molecular weight is 563 g/mol. The fourth-order valence-electron chi connectivity index (χ4n) is 5.87. The van der Waals surface area contributed by atoms with E-state index < -0.39 is 18.7 Å². The Kier molecular flexibility index (Phi) is 7.76. The predicted octanol–water partition coefficient (Wildman–Crippen LogP) is 9.14. The van der Waals surface area contributed by atoms with E-state index in [1.54, 1.807) is 0 Å². The smallest absolute Gasteiger partial charge is 0.404 e. The van der Waals surface area contributed by atoms with Crippen LogP contribution >= 0.6 is 7.82 Å². The molecule has 0 aliphatic rings. The third kappa shape index (κ3) is 5.78. The van der Waals surface area contributed by atoms with Crippen molar-refractivity contribution < 1.29 is 18.9 Å². The molecule has 5 aromatic rings. The van der Waals surface area contributed by atoms with Crippen LogP contribution < -0.4 is 4.52 Å². The molecule has 0 amide bonds. The van der Waals surface area contributed by atoms with Gasteiger partial charge in [-0.25, -0.2) is 4.57 Å². The lowest BCUT2D eigenvalue weighted by molar-refractivity contribution is 0.281. The first-order chi connectivity index (χ1) is 19.5. The van der Waals surface area contributed by atoms with Crippen LogP contribution in [0, 0.1) is 0 Å². The Morgan fingerprint density at radius 1 is 0.561 bits per heavy atom. The van der Waals surface area contributed by atoms with Gasteiger partial charge in [-0.15, -0.1) is 0 Å². The van der Waals surface area contributed by atoms with Gasteiger partial charge in [0.05, 0.1) is 0 Å². The standard InChI is InChI=1S/C36H35O4P/c1-35(2,28-21-13-7-14-22-28)33-30(26-17-9-5-10-18-26)25-31(40-41(37,38)39)34(32(33)27-19-11-6-12-20-27)36(3,4)29-23-15-8-16-24-29/h5-25H,1-4H3,(H2,37,38,39). The zero-order chi connectivity index (χ0) is 29.3. The molecule has 0 bridgehead atoms. The van der Waals surface area contributed by atoms with E-state index >= 15 is 0 Å². The lowest BCUT2D eigenvalue weighted by Crippen LogP contribution is -2.27. The summed E-state index contributed by atoms with van der Waals surface area (Å²) >= 11 is 0. The van der Waals surface area contributed by atoms with Crippen molar-refractivity contribution in [3.05, 3.63) is 150 Å². The lowest BCUT2D eigenvalue weighted by atomic mass is 9.66. The van der Waals surface area contributed by atoms with Gasteiger partial charge in [0.25, 0.3) is 0 Å². The molecule has 2 N–H and O–H groups in total. The molecule has 0 radical (unpaired) electrons. The molecule has 0 aromatic heterocycles. The van der Waals surface area contributed by atoms with Crippen molar-refractivity contribution in [3.63, 3.8) is 0 Å². The van der Waals surface area contributed by atoms with E-state index in [9.17, 15) is 14.4 Å². The van der Waals surface area contributed by atoms with Gasteiger partial charge in [0.1, 0.15) is 5.75 Å². The minimum atomic E-state index is -4.91. The molecular formula is C36H35O4P. The van der Waals surface area contributed by atoms with Crippen molar-refractivity contribution in [3.8, 4) is 28.0 Å². The summed E-state index contributed by atoms with van der Waals surface area (Å²) in [4.78, 5) is 20.3. The minimum absolute atomic E-state index is 0.164. The van der Waals surface area contributed by atoms with Crippen LogP contribution in [0.3, 0.4) is 0 Å². The fraction of sp³-hybridized carbons (Fsp3) is 0.167. The number of phosphoric acid groups is 1. The second kappa shape index (κ2) is 11.1. The molecule has 5 heteroatoms. The molecule has 0 heterocycles. The topological polar surface area (TPSA) is 66.8 Å². The highest BCUT2D eigenvalue weighted by Crippen LogP contribution is 2.54. The molecule has 4 nitrogen and oxygen atoms in total. The van der Waals surface area contributed by atoms with Gasteiger partial charge >= 0.3 is 7.82 Å². The minimum Gasteiger partial charge on any atom is -0.404 e. The van der Waals surface area contributed by atoms with Crippen LogP contribution in [0.2, 0.25) is 0 Å². The summed E-state index contributed by atoms with van der Waals surface area (Å²) in [6, 6.07) is 42.2. The van der Waals surface area contributed by atoms with Crippen molar-refractivity contribution in [1.82, 2.24) is 0 Å². The van der Waals surface area contributed by atoms with Crippen LogP contribution in [0.25, 0.3) is 22.3 Å². The van der Waals surface area contributed by atoms with E-state index in [0.717, 1.165) is 44.5 Å². The molecule has 0 fully saturated rings. The third-order valence-electron chi connectivity index (χ3n) is 7.90. The molecule has 5 aromatic carbocycles. The first-order valence-electron chi connectivity index (χ1n) is 13.7. The van der Waals surface area contributed by atoms with E-state index in [2.05, 4.69) is 52.0 Å². The van der Waals surface area contributed by atoms with E-state index in [-0.39, 0.29) is 5.75 Å². The van der Waals surface area contributed by atoms with Crippen LogP contribution in [0.4, 0.5) is 0 Å². The Hall–Kier alpha value is -3.95. The van der Waals surface area contributed by atoms with E-state index in [0.29, 0.717) is 0 Å². The summed E-state index contributed by atoms with van der Waals surface area (Å²) in [6.45, 7) is 8.58. The van der Waals surface area contributed by atoms with Crippen LogP contribution in [-0.2, 0) is 15.4 Å². The largest absolute Gasteiger partial charge is 0.524 e. The number of phosphoric ester groups is 1. The van der Waals surface area contributed by atoms with E-state index in [1.165, 1.54) is 0 Å². The number of rotatable bonds is 8. The molecule has 0 unspecified atom stereocenters. The van der Waals surface area contributed by atoms with Crippen LogP contribution in [-0.4, -0.2) is 9.79 Å². The summed E-state index contributed by atoms with van der Waals surface area (Å²) in [6.07, 6.45) is 0. The van der Waals surface area contributed by atoms with Crippen LogP contribution in [0.1, 0.15) is 49.9 Å². The SMILES string of the molecule is CC(C)(c1ccccc1)c1c(OP(=O)(O)O)cc(-c2ccccc2)c(C(C)(C)c2ccccc2)c1-c1ccccc1. The summed E-state index contributed by atoms with van der Waals surface area (Å²) in [5, 5.41) is 0. The van der Waals surface area contributed by atoms with Gasteiger partial charge in [-0.1, -0.05) is 149 Å². The van der Waals surface area contributed by atoms with Gasteiger partial charge in [0.15, 0.2) is 0 Å². The maximum Gasteiger partial charge on any atom is 0.524 e. The summed E-state index contributed by atoms with van der Waals surface area (Å²) in [5.41, 5.74) is 6.35. The van der Waals surface area contributed by atoms with Gasteiger partial charge in [0, 0.05) is 16.4 Å². The van der Waals surface area contributed by atoms with E-state index in [4.69, 9.17) is 4.52 Å². The first-order valence-corrected chi connectivity index (χ1v) is 15.2. The van der Waals surface area contributed by atoms with Gasteiger partial charge < -0.3 is 4.52 Å². The monoisotopic (exact) mass is 562 g/mol. The van der Waals surface area contributed by atoms with Crippen LogP contribution in [0.5, 0.6) is 5.75 Å². The highest BCUT2D eigenvalue weighted by Gasteiger charge is 2.39. The molecule has 0 saturated heterocycles. The van der Waals surface area contributed by atoms with E-state index in [1.807, 2.05) is 103 Å². The molecule has 0 aliphatic carbocycles. The highest BCUT2D eigenvalue weighted by molar-refractivity contribution is 7.46. The normalized spacial score (nSPS) is 12.2. The summed E-state index contributed by atoms with van der Waals surface area (Å²) in [5.74, 6) is 0.164. The summed E-state index contributed by atoms with van der Waals surface area (Å²) < 4.78 is 18.1. The molecular weight excluding hydrogens is 527 g/mol. The van der Waals surface area contributed by atoms with Gasteiger partial charge in [-0.2, -0.15) is 0 Å². The maximum atomic E-state index is 12.5. The van der Waals surface area contributed by atoms with Gasteiger partial charge in [-0.3, -0.25) is 9.79 Å². The van der Waals surface area contributed by atoms with Gasteiger partial charge in [-0.05, 0) is 45.0 Å². The van der Waals surface area contributed by atoms with Crippen molar-refractivity contribution in [2.24, 2.45) is 0 Å². The third-order valence-corrected chi connectivity index (χ3v) is 8.33. The van der Waals surface area contributed by atoms with Crippen molar-refractivity contribution >= 4 is 7.82 Å². The zero-order valence-corrected chi connectivity index (χ0v) is 24.7. The Balaban J connectivity index is 2.02. The average Bonchev–Trinajstić information content (AvgIpc) is 2.97. The number of hydrogen-bond acceptors (Lipinski definition) is 2. The Morgan fingerprint density at radius 2 is 0.951 bits per heavy atom. The molecule has 0 saturated carbocycles. The Bertz CT molecular complexity index is 1670. The van der Waals surface area contributed by atoms with Crippen molar-refractivity contribution in [2.75, 3.05) is 0 Å². The molecule has 0 aliphatic heterocycles. The quantitative estimate of drug-likeness (QED) is 0.185. The predicted molar refractivity (Wildman–Crippen MR) is 167 cm³/mol. The number of hydrogen-bond donors (Lipinski definition) is 2. The Morgan fingerprint density at radius 3 is 1.39 bits per heavy atom. The van der Waals surface area contributed by atoms with Crippen molar-refractivity contribution in [1.29, 1.82) is 0 Å². The fourth-order valence-corrected chi connectivity index (χ4v) is 6.27. The summed E-state index contributed by atoms with van der Waals surface area (Å²) in [7, 11) is -4.91. The second-order valence-electron chi connectivity index (χ2n) is 11.3. The molecule has 41 heavy (non-hydrogen) atoms. The maximum absolute atomic E-state index is 12.5. The second-order valence-corrected chi connectivity index (χ2v) is 12.5. The Labute approximate surface area is 242 Å². The molecule has 208 valence electrons. The molecule has 0 spiro atoms.